The second-order valence-electron chi connectivity index (χ2n) is 6.07. The average molecular weight is 279 g/mol. The Morgan fingerprint density at radius 1 is 1.16 bits per heavy atom. The minimum atomic E-state index is 0.732. The summed E-state index contributed by atoms with van der Waals surface area (Å²) in [5.41, 5.74) is 8.17. The number of benzene rings is 1. The normalized spacial score (nSPS) is 28.1. The standard InChI is InChI=1S/C16H23ClN2/c17-14-8-7-13(15(18)10-14)11-19-9-3-5-12-4-1-2-6-16(12)19/h7-8,10,12,16H,1-6,9,11,18H2/t12-,16-/m1/s1. The maximum atomic E-state index is 6.10. The van der Waals surface area contributed by atoms with E-state index in [4.69, 9.17) is 17.3 Å². The smallest absolute Gasteiger partial charge is 0.0426 e. The van der Waals surface area contributed by atoms with Crippen molar-refractivity contribution in [2.24, 2.45) is 5.92 Å². The zero-order valence-electron chi connectivity index (χ0n) is 11.4. The molecule has 0 bridgehead atoms. The van der Waals surface area contributed by atoms with Gasteiger partial charge in [-0.2, -0.15) is 0 Å². The molecule has 1 aromatic carbocycles. The van der Waals surface area contributed by atoms with Crippen LogP contribution in [0.2, 0.25) is 5.02 Å². The number of piperidine rings is 1. The summed E-state index contributed by atoms with van der Waals surface area (Å²) < 4.78 is 0. The number of halogens is 1. The molecule has 19 heavy (non-hydrogen) atoms. The molecule has 1 heterocycles. The predicted octanol–water partition coefficient (Wildman–Crippen LogP) is 4.08. The van der Waals surface area contributed by atoms with Gasteiger partial charge in [0.1, 0.15) is 0 Å². The number of likely N-dealkylation sites (tertiary alicyclic amines) is 1. The molecule has 0 unspecified atom stereocenters. The number of nitrogen functional groups attached to an aromatic ring is 1. The number of hydrogen-bond donors (Lipinski definition) is 1. The van der Waals surface area contributed by atoms with Gasteiger partial charge < -0.3 is 5.73 Å². The first-order valence-corrected chi connectivity index (χ1v) is 7.90. The van der Waals surface area contributed by atoms with Crippen LogP contribution in [0.3, 0.4) is 0 Å². The molecule has 2 nitrogen and oxygen atoms in total. The Kier molecular flexibility index (Phi) is 3.99. The summed E-state index contributed by atoms with van der Waals surface area (Å²) in [5.74, 6) is 0.927. The van der Waals surface area contributed by atoms with Crippen molar-refractivity contribution in [2.45, 2.75) is 51.1 Å². The average Bonchev–Trinajstić information content (AvgIpc) is 2.42. The van der Waals surface area contributed by atoms with Crippen molar-refractivity contribution >= 4 is 17.3 Å². The van der Waals surface area contributed by atoms with Crippen molar-refractivity contribution < 1.29 is 0 Å². The van der Waals surface area contributed by atoms with Gasteiger partial charge in [0.05, 0.1) is 0 Å². The highest BCUT2D eigenvalue weighted by Gasteiger charge is 2.33. The van der Waals surface area contributed by atoms with Crippen molar-refractivity contribution in [3.05, 3.63) is 28.8 Å². The van der Waals surface area contributed by atoms with E-state index in [-0.39, 0.29) is 0 Å². The quantitative estimate of drug-likeness (QED) is 0.826. The third-order valence-corrected chi connectivity index (χ3v) is 5.07. The largest absolute Gasteiger partial charge is 0.398 e. The number of anilines is 1. The number of rotatable bonds is 2. The van der Waals surface area contributed by atoms with E-state index >= 15 is 0 Å². The van der Waals surface area contributed by atoms with Gasteiger partial charge in [0.25, 0.3) is 0 Å². The Labute approximate surface area is 120 Å². The number of fused-ring (bicyclic) bond motifs is 1. The summed E-state index contributed by atoms with van der Waals surface area (Å²) in [6.07, 6.45) is 8.40. The third-order valence-electron chi connectivity index (χ3n) is 4.84. The molecule has 1 aromatic rings. The van der Waals surface area contributed by atoms with Crippen molar-refractivity contribution in [1.82, 2.24) is 4.90 Å². The zero-order valence-corrected chi connectivity index (χ0v) is 12.2. The first kappa shape index (κ1) is 13.3. The summed E-state index contributed by atoms with van der Waals surface area (Å²) in [7, 11) is 0. The molecule has 0 aromatic heterocycles. The monoisotopic (exact) mass is 278 g/mol. The molecule has 2 aliphatic rings. The zero-order chi connectivity index (χ0) is 13.2. The van der Waals surface area contributed by atoms with E-state index in [1.165, 1.54) is 50.6 Å². The Morgan fingerprint density at radius 3 is 2.79 bits per heavy atom. The van der Waals surface area contributed by atoms with Crippen LogP contribution >= 0.6 is 11.6 Å². The summed E-state index contributed by atoms with van der Waals surface area (Å²) in [6.45, 7) is 2.22. The topological polar surface area (TPSA) is 29.3 Å². The molecule has 2 fully saturated rings. The van der Waals surface area contributed by atoms with E-state index in [9.17, 15) is 0 Å². The van der Waals surface area contributed by atoms with Crippen LogP contribution in [0, 0.1) is 5.92 Å². The minimum absolute atomic E-state index is 0.732. The van der Waals surface area contributed by atoms with Gasteiger partial charge in [0, 0.05) is 23.3 Å². The van der Waals surface area contributed by atoms with Crippen LogP contribution in [0.15, 0.2) is 18.2 Å². The molecule has 3 rings (SSSR count). The lowest BCUT2D eigenvalue weighted by molar-refractivity contribution is 0.0549. The Hall–Kier alpha value is -0.730. The number of nitrogens with two attached hydrogens (primary N) is 1. The van der Waals surface area contributed by atoms with Crippen LogP contribution < -0.4 is 5.73 Å². The number of nitrogens with zero attached hydrogens (tertiary/aromatic N) is 1. The van der Waals surface area contributed by atoms with Gasteiger partial charge in [-0.05, 0) is 55.8 Å². The fourth-order valence-electron chi connectivity index (χ4n) is 3.85. The van der Waals surface area contributed by atoms with E-state index in [1.807, 2.05) is 12.1 Å². The second kappa shape index (κ2) is 5.72. The van der Waals surface area contributed by atoms with E-state index < -0.39 is 0 Å². The van der Waals surface area contributed by atoms with Crippen LogP contribution in [-0.2, 0) is 6.54 Å². The molecule has 1 saturated heterocycles. The van der Waals surface area contributed by atoms with Crippen LogP contribution in [0.4, 0.5) is 5.69 Å². The molecular formula is C16H23ClN2. The van der Waals surface area contributed by atoms with Crippen molar-refractivity contribution in [3.8, 4) is 0 Å². The van der Waals surface area contributed by atoms with Crippen LogP contribution in [0.1, 0.15) is 44.1 Å². The second-order valence-corrected chi connectivity index (χ2v) is 6.50. The highest BCUT2D eigenvalue weighted by atomic mass is 35.5. The van der Waals surface area contributed by atoms with Gasteiger partial charge in [-0.3, -0.25) is 4.90 Å². The van der Waals surface area contributed by atoms with Crippen molar-refractivity contribution in [3.63, 3.8) is 0 Å². The van der Waals surface area contributed by atoms with E-state index in [1.54, 1.807) is 0 Å². The molecule has 3 heteroatoms. The highest BCUT2D eigenvalue weighted by Crippen LogP contribution is 2.36. The molecule has 1 saturated carbocycles. The summed E-state index contributed by atoms with van der Waals surface area (Å²) >= 11 is 5.98. The predicted molar refractivity (Wildman–Crippen MR) is 81.3 cm³/mol. The molecule has 0 amide bonds. The Balaban J connectivity index is 1.74. The summed E-state index contributed by atoms with van der Waals surface area (Å²) in [5, 5.41) is 0.732. The van der Waals surface area contributed by atoms with Crippen LogP contribution in [0.25, 0.3) is 0 Å². The van der Waals surface area contributed by atoms with Gasteiger partial charge in [0.2, 0.25) is 0 Å². The number of hydrogen-bond acceptors (Lipinski definition) is 2. The third kappa shape index (κ3) is 2.90. The molecule has 104 valence electrons. The molecule has 2 atom stereocenters. The van der Waals surface area contributed by atoms with Crippen molar-refractivity contribution in [2.75, 3.05) is 12.3 Å². The van der Waals surface area contributed by atoms with E-state index in [2.05, 4.69) is 11.0 Å². The van der Waals surface area contributed by atoms with Gasteiger partial charge in [-0.1, -0.05) is 30.5 Å². The highest BCUT2D eigenvalue weighted by molar-refractivity contribution is 6.30. The SMILES string of the molecule is Nc1cc(Cl)ccc1CN1CCC[C@H]2CCCC[C@H]21. The first-order valence-electron chi connectivity index (χ1n) is 7.52. The minimum Gasteiger partial charge on any atom is -0.398 e. The molecule has 2 N–H and O–H groups in total. The lowest BCUT2D eigenvalue weighted by Crippen LogP contribution is -2.46. The molecule has 0 spiro atoms. The van der Waals surface area contributed by atoms with Gasteiger partial charge in [-0.15, -0.1) is 0 Å². The summed E-state index contributed by atoms with van der Waals surface area (Å²) in [4.78, 5) is 2.66. The molecule has 0 radical (unpaired) electrons. The lowest BCUT2D eigenvalue weighted by atomic mass is 9.78. The Bertz CT molecular complexity index is 444. The molecule has 1 aliphatic carbocycles. The maximum Gasteiger partial charge on any atom is 0.0426 e. The van der Waals surface area contributed by atoms with E-state index in [0.717, 1.165) is 29.2 Å². The lowest BCUT2D eigenvalue weighted by Gasteiger charge is -2.44. The van der Waals surface area contributed by atoms with Gasteiger partial charge >= 0.3 is 0 Å². The maximum absolute atomic E-state index is 6.10. The molecule has 1 aliphatic heterocycles. The fourth-order valence-corrected chi connectivity index (χ4v) is 4.03. The fraction of sp³-hybridized carbons (Fsp3) is 0.625. The van der Waals surface area contributed by atoms with Gasteiger partial charge in [-0.25, -0.2) is 0 Å². The van der Waals surface area contributed by atoms with Gasteiger partial charge in [0.15, 0.2) is 0 Å². The molecular weight excluding hydrogens is 256 g/mol. The van der Waals surface area contributed by atoms with Crippen LogP contribution in [0.5, 0.6) is 0 Å². The first-order chi connectivity index (χ1) is 9.24. The summed E-state index contributed by atoms with van der Waals surface area (Å²) in [6, 6.07) is 6.70. The van der Waals surface area contributed by atoms with Crippen molar-refractivity contribution in [1.29, 1.82) is 0 Å². The van der Waals surface area contributed by atoms with Crippen LogP contribution in [-0.4, -0.2) is 17.5 Å². The van der Waals surface area contributed by atoms with E-state index in [0.29, 0.717) is 0 Å². The Morgan fingerprint density at radius 2 is 1.95 bits per heavy atom.